The van der Waals surface area contributed by atoms with E-state index < -0.39 is 18.2 Å². The molecule has 1 saturated heterocycles. The van der Waals surface area contributed by atoms with Gasteiger partial charge in [-0.3, -0.25) is 9.59 Å². The highest BCUT2D eigenvalue weighted by atomic mass is 16.7. The van der Waals surface area contributed by atoms with E-state index >= 15 is 0 Å². The van der Waals surface area contributed by atoms with E-state index in [1.165, 1.54) is 0 Å². The Balaban J connectivity index is 1.34. The molecule has 0 aliphatic carbocycles. The number of likely N-dealkylation sites (N-methyl/N-ethyl adjacent to an activating group) is 1. The molecule has 2 N–H and O–H groups in total. The first-order valence-corrected chi connectivity index (χ1v) is 10.1. The van der Waals surface area contributed by atoms with Crippen LogP contribution in [0, 0.1) is 0 Å². The Bertz CT molecular complexity index is 821. The van der Waals surface area contributed by atoms with E-state index in [0.717, 1.165) is 13.1 Å². The lowest BCUT2D eigenvalue weighted by Gasteiger charge is -2.35. The van der Waals surface area contributed by atoms with Crippen LogP contribution >= 0.6 is 0 Å². The number of aliphatic hydroxyl groups excluding tert-OH is 1. The number of ether oxygens (including phenoxy) is 3. The van der Waals surface area contributed by atoms with E-state index in [2.05, 4.69) is 10.2 Å². The zero-order valence-electron chi connectivity index (χ0n) is 17.0. The SMILES string of the molecule is CN1CCN(C(=O)C[C@@H]2C=C[C@H](NC(=O)c3ccc4c(c3)OCO4)[C@H](CO)O2)CC1. The number of hydrogen-bond donors (Lipinski definition) is 2. The number of benzene rings is 1. The van der Waals surface area contributed by atoms with Crippen molar-refractivity contribution in [1.82, 2.24) is 15.1 Å². The van der Waals surface area contributed by atoms with Crippen molar-refractivity contribution in [3.05, 3.63) is 35.9 Å². The van der Waals surface area contributed by atoms with Crippen molar-refractivity contribution in [3.8, 4) is 11.5 Å². The molecule has 3 aliphatic rings. The Kier molecular flexibility index (Phi) is 6.21. The number of carbonyl (C=O) groups excluding carboxylic acids is 2. The molecule has 0 bridgehead atoms. The number of piperazine rings is 1. The summed E-state index contributed by atoms with van der Waals surface area (Å²) in [5.41, 5.74) is 0.428. The Labute approximate surface area is 175 Å². The van der Waals surface area contributed by atoms with Gasteiger partial charge in [0.15, 0.2) is 11.5 Å². The Morgan fingerprint density at radius 1 is 1.13 bits per heavy atom. The van der Waals surface area contributed by atoms with Gasteiger partial charge < -0.3 is 34.4 Å². The smallest absolute Gasteiger partial charge is 0.251 e. The van der Waals surface area contributed by atoms with Crippen LogP contribution < -0.4 is 14.8 Å². The number of nitrogens with zero attached hydrogens (tertiary/aromatic N) is 2. The fourth-order valence-corrected chi connectivity index (χ4v) is 3.77. The van der Waals surface area contributed by atoms with Crippen LogP contribution in [0.3, 0.4) is 0 Å². The van der Waals surface area contributed by atoms with Crippen LogP contribution in [0.1, 0.15) is 16.8 Å². The van der Waals surface area contributed by atoms with Gasteiger partial charge in [-0.05, 0) is 25.2 Å². The predicted octanol–water partition coefficient (Wildman–Crippen LogP) is -0.00630. The van der Waals surface area contributed by atoms with Gasteiger partial charge in [0.1, 0.15) is 6.10 Å². The summed E-state index contributed by atoms with van der Waals surface area (Å²) >= 11 is 0. The largest absolute Gasteiger partial charge is 0.454 e. The van der Waals surface area contributed by atoms with E-state index in [0.29, 0.717) is 30.2 Å². The van der Waals surface area contributed by atoms with Crippen LogP contribution in [0.5, 0.6) is 11.5 Å². The number of rotatable bonds is 5. The minimum Gasteiger partial charge on any atom is -0.454 e. The number of amides is 2. The maximum atomic E-state index is 12.6. The molecule has 0 unspecified atom stereocenters. The lowest BCUT2D eigenvalue weighted by Crippen LogP contribution is -2.50. The summed E-state index contributed by atoms with van der Waals surface area (Å²) < 4.78 is 16.5. The lowest BCUT2D eigenvalue weighted by atomic mass is 10.0. The van der Waals surface area contributed by atoms with Crippen molar-refractivity contribution >= 4 is 11.8 Å². The van der Waals surface area contributed by atoms with Gasteiger partial charge >= 0.3 is 0 Å². The standard InChI is InChI=1S/C21H27N3O6/c1-23-6-8-24(9-7-23)20(26)11-15-3-4-16(19(12-25)30-15)22-21(27)14-2-5-17-18(10-14)29-13-28-17/h2-5,10,15-16,19,25H,6-9,11-13H2,1H3,(H,22,27)/t15-,16-,19-/m0/s1. The summed E-state index contributed by atoms with van der Waals surface area (Å²) in [7, 11) is 2.04. The van der Waals surface area contributed by atoms with Gasteiger partial charge in [-0.2, -0.15) is 0 Å². The summed E-state index contributed by atoms with van der Waals surface area (Å²) in [6.45, 7) is 3.02. The second-order valence-corrected chi connectivity index (χ2v) is 7.74. The lowest BCUT2D eigenvalue weighted by molar-refractivity contribution is -0.137. The van der Waals surface area contributed by atoms with Crippen molar-refractivity contribution in [1.29, 1.82) is 0 Å². The van der Waals surface area contributed by atoms with E-state index in [4.69, 9.17) is 14.2 Å². The third-order valence-corrected chi connectivity index (χ3v) is 5.63. The number of carbonyl (C=O) groups is 2. The molecule has 0 saturated carbocycles. The first-order chi connectivity index (χ1) is 14.5. The van der Waals surface area contributed by atoms with Crippen molar-refractivity contribution in [2.45, 2.75) is 24.7 Å². The summed E-state index contributed by atoms with van der Waals surface area (Å²) in [5.74, 6) is 0.863. The molecule has 30 heavy (non-hydrogen) atoms. The topological polar surface area (TPSA) is 101 Å². The van der Waals surface area contributed by atoms with Crippen LogP contribution in [0.2, 0.25) is 0 Å². The second kappa shape index (κ2) is 9.03. The Morgan fingerprint density at radius 3 is 2.67 bits per heavy atom. The van der Waals surface area contributed by atoms with Gasteiger partial charge in [-0.1, -0.05) is 12.2 Å². The van der Waals surface area contributed by atoms with Crippen LogP contribution in [0.25, 0.3) is 0 Å². The summed E-state index contributed by atoms with van der Waals surface area (Å²) in [4.78, 5) is 29.2. The molecule has 0 aromatic heterocycles. The van der Waals surface area contributed by atoms with Crippen LogP contribution in [-0.4, -0.2) is 91.6 Å². The minimum atomic E-state index is -0.627. The molecule has 0 spiro atoms. The van der Waals surface area contributed by atoms with E-state index in [9.17, 15) is 14.7 Å². The van der Waals surface area contributed by atoms with Gasteiger partial charge in [-0.25, -0.2) is 0 Å². The first-order valence-electron chi connectivity index (χ1n) is 10.1. The second-order valence-electron chi connectivity index (χ2n) is 7.74. The number of aliphatic hydroxyl groups is 1. The third-order valence-electron chi connectivity index (χ3n) is 5.63. The quantitative estimate of drug-likeness (QED) is 0.650. The fourth-order valence-electron chi connectivity index (χ4n) is 3.77. The predicted molar refractivity (Wildman–Crippen MR) is 107 cm³/mol. The molecule has 162 valence electrons. The molecule has 3 aliphatic heterocycles. The third kappa shape index (κ3) is 4.58. The van der Waals surface area contributed by atoms with Gasteiger partial charge in [0.05, 0.1) is 25.2 Å². The molecule has 0 radical (unpaired) electrons. The van der Waals surface area contributed by atoms with Crippen LogP contribution in [0.4, 0.5) is 0 Å². The van der Waals surface area contributed by atoms with Gasteiger partial charge in [-0.15, -0.1) is 0 Å². The molecule has 9 heteroatoms. The molecule has 2 amide bonds. The Morgan fingerprint density at radius 2 is 1.90 bits per heavy atom. The number of fused-ring (bicyclic) bond motifs is 1. The molecule has 3 heterocycles. The van der Waals surface area contributed by atoms with Crippen molar-refractivity contribution in [3.63, 3.8) is 0 Å². The normalized spacial score (nSPS) is 25.9. The zero-order chi connectivity index (χ0) is 21.1. The fraction of sp³-hybridized carbons (Fsp3) is 0.524. The van der Waals surface area contributed by atoms with Crippen LogP contribution in [-0.2, 0) is 9.53 Å². The molecule has 1 fully saturated rings. The molecule has 1 aromatic rings. The summed E-state index contributed by atoms with van der Waals surface area (Å²) in [6.07, 6.45) is 2.74. The van der Waals surface area contributed by atoms with Crippen LogP contribution in [0.15, 0.2) is 30.4 Å². The summed E-state index contributed by atoms with van der Waals surface area (Å²) in [5, 5.41) is 12.6. The summed E-state index contributed by atoms with van der Waals surface area (Å²) in [6, 6.07) is 4.47. The average molecular weight is 417 g/mol. The molecular weight excluding hydrogens is 390 g/mol. The molecule has 4 rings (SSSR count). The average Bonchev–Trinajstić information content (AvgIpc) is 3.23. The zero-order valence-corrected chi connectivity index (χ0v) is 17.0. The van der Waals surface area contributed by atoms with E-state index in [1.807, 2.05) is 11.9 Å². The maximum absolute atomic E-state index is 12.6. The highest BCUT2D eigenvalue weighted by molar-refractivity contribution is 5.95. The van der Waals surface area contributed by atoms with E-state index in [1.54, 1.807) is 30.4 Å². The molecule has 9 nitrogen and oxygen atoms in total. The first kappa shape index (κ1) is 20.6. The monoisotopic (exact) mass is 417 g/mol. The molecule has 3 atom stereocenters. The van der Waals surface area contributed by atoms with Crippen molar-refractivity contribution in [2.75, 3.05) is 46.6 Å². The highest BCUT2D eigenvalue weighted by Crippen LogP contribution is 2.32. The Hall–Kier alpha value is -2.62. The van der Waals surface area contributed by atoms with Gasteiger partial charge in [0.25, 0.3) is 5.91 Å². The van der Waals surface area contributed by atoms with Crippen molar-refractivity contribution < 1.29 is 28.9 Å². The molecular formula is C21H27N3O6. The minimum absolute atomic E-state index is 0.0392. The van der Waals surface area contributed by atoms with E-state index in [-0.39, 0.29) is 31.6 Å². The van der Waals surface area contributed by atoms with Crippen molar-refractivity contribution in [2.24, 2.45) is 0 Å². The number of hydrogen-bond acceptors (Lipinski definition) is 7. The van der Waals surface area contributed by atoms with Gasteiger partial charge in [0, 0.05) is 31.7 Å². The number of nitrogens with one attached hydrogen (secondary N) is 1. The highest BCUT2D eigenvalue weighted by Gasteiger charge is 2.31. The van der Waals surface area contributed by atoms with Gasteiger partial charge in [0.2, 0.25) is 12.7 Å². The molecule has 1 aromatic carbocycles. The maximum Gasteiger partial charge on any atom is 0.251 e.